The smallest absolute Gasteiger partial charge is 0.409 e. The molecule has 5 aliphatic rings. The summed E-state index contributed by atoms with van der Waals surface area (Å²) in [6.07, 6.45) is 4.99. The van der Waals surface area contributed by atoms with Gasteiger partial charge in [0.2, 0.25) is 17.7 Å². The van der Waals surface area contributed by atoms with E-state index in [0.717, 1.165) is 30.5 Å². The van der Waals surface area contributed by atoms with Crippen molar-refractivity contribution in [3.63, 3.8) is 0 Å². The summed E-state index contributed by atoms with van der Waals surface area (Å²) in [6, 6.07) is 3.82. The van der Waals surface area contributed by atoms with Gasteiger partial charge in [-0.3, -0.25) is 34.2 Å². The molecule has 4 aliphatic heterocycles. The van der Waals surface area contributed by atoms with Crippen molar-refractivity contribution >= 4 is 76.6 Å². The van der Waals surface area contributed by atoms with Gasteiger partial charge >= 0.3 is 18.0 Å². The summed E-state index contributed by atoms with van der Waals surface area (Å²) < 4.78 is 24.4. The quantitative estimate of drug-likeness (QED) is 0.0816. The molecular formula is C51H69ClN4O14S. The van der Waals surface area contributed by atoms with E-state index in [0.29, 0.717) is 60.1 Å². The molecule has 4 fully saturated rings. The number of imide groups is 2. The first-order valence-electron chi connectivity index (χ1n) is 24.4. The number of aryl methyl sites for hydroxylation is 1. The number of rotatable bonds is 11. The molecule has 1 aromatic rings. The normalized spacial score (nSPS) is 31.6. The number of carbonyl (C=O) groups is 8. The Morgan fingerprint density at radius 3 is 2.35 bits per heavy atom. The van der Waals surface area contributed by atoms with Gasteiger partial charge in [-0.2, -0.15) is 0 Å². The van der Waals surface area contributed by atoms with Gasteiger partial charge in [-0.25, -0.2) is 14.4 Å². The van der Waals surface area contributed by atoms with Crippen molar-refractivity contribution in [1.82, 2.24) is 15.3 Å². The van der Waals surface area contributed by atoms with E-state index in [-0.39, 0.29) is 50.1 Å². The predicted molar refractivity (Wildman–Crippen MR) is 262 cm³/mol. The fourth-order valence-corrected chi connectivity index (χ4v) is 11.2. The molecule has 0 spiro atoms. The van der Waals surface area contributed by atoms with Crippen LogP contribution < -0.4 is 10.2 Å². The minimum Gasteiger partial charge on any atom is -0.457 e. The number of carbonyl (C=O) groups excluding carboxylic acids is 8. The second-order valence-electron chi connectivity index (χ2n) is 20.5. The van der Waals surface area contributed by atoms with Crippen LogP contribution in [0.3, 0.4) is 0 Å². The Bertz CT molecular complexity index is 2320. The molecule has 2 N–H and O–H groups in total. The Morgan fingerprint density at radius 2 is 1.69 bits per heavy atom. The topological polar surface area (TPSA) is 228 Å². The van der Waals surface area contributed by atoms with E-state index in [1.54, 1.807) is 27.8 Å². The van der Waals surface area contributed by atoms with Crippen molar-refractivity contribution in [1.29, 1.82) is 0 Å². The predicted octanol–water partition coefficient (Wildman–Crippen LogP) is 6.29. The van der Waals surface area contributed by atoms with Crippen LogP contribution in [0.4, 0.5) is 10.5 Å². The number of nitrogens with one attached hydrogen (secondary N) is 1. The Morgan fingerprint density at radius 1 is 1.01 bits per heavy atom. The number of epoxide rings is 1. The van der Waals surface area contributed by atoms with E-state index in [2.05, 4.69) is 5.32 Å². The molecule has 8 atom stereocenters. The third-order valence-electron chi connectivity index (χ3n) is 14.5. The Balaban J connectivity index is 1.07. The van der Waals surface area contributed by atoms with E-state index in [4.69, 9.17) is 35.4 Å². The van der Waals surface area contributed by atoms with Crippen LogP contribution in [0.15, 0.2) is 35.9 Å². The lowest BCUT2D eigenvalue weighted by molar-refractivity contribution is -0.204. The summed E-state index contributed by atoms with van der Waals surface area (Å²) in [5, 5.41) is 14.6. The summed E-state index contributed by atoms with van der Waals surface area (Å²) in [4.78, 5) is 112. The molecular weight excluding hydrogens is 960 g/mol. The van der Waals surface area contributed by atoms with Crippen LogP contribution in [0.2, 0.25) is 5.02 Å². The second-order valence-corrected chi connectivity index (χ2v) is 22.2. The molecule has 6 rings (SSSR count). The fraction of sp³-hybridized carbons (Fsp3) is 0.647. The molecule has 71 heavy (non-hydrogen) atoms. The highest BCUT2D eigenvalue weighted by Crippen LogP contribution is 2.49. The van der Waals surface area contributed by atoms with Crippen LogP contribution in [0.25, 0.3) is 0 Å². The van der Waals surface area contributed by atoms with E-state index >= 15 is 0 Å². The van der Waals surface area contributed by atoms with Crippen LogP contribution in [0, 0.1) is 30.6 Å². The molecule has 4 bridgehead atoms. The molecule has 390 valence electrons. The average Bonchev–Trinajstić information content (AvgIpc) is 3.93. The number of benzene rings is 1. The van der Waals surface area contributed by atoms with Crippen LogP contribution in [0.5, 0.6) is 0 Å². The summed E-state index contributed by atoms with van der Waals surface area (Å²) in [6.45, 7) is 14.9. The first kappa shape index (κ1) is 55.5. The number of esters is 1. The van der Waals surface area contributed by atoms with E-state index in [1.807, 2.05) is 58.1 Å². The zero-order valence-electron chi connectivity index (χ0n) is 42.4. The van der Waals surface area contributed by atoms with Crippen LogP contribution >= 0.6 is 23.4 Å². The van der Waals surface area contributed by atoms with Gasteiger partial charge in [-0.05, 0) is 102 Å². The van der Waals surface area contributed by atoms with Crippen molar-refractivity contribution < 1.29 is 67.2 Å². The van der Waals surface area contributed by atoms with Crippen molar-refractivity contribution in [3.05, 3.63) is 52.1 Å². The number of likely N-dealkylation sites (tertiary alicyclic amines) is 1. The molecule has 1 saturated carbocycles. The number of hydrogen-bond donors (Lipinski definition) is 2. The van der Waals surface area contributed by atoms with Gasteiger partial charge < -0.3 is 33.8 Å². The van der Waals surface area contributed by atoms with Gasteiger partial charge in [0.1, 0.15) is 23.5 Å². The van der Waals surface area contributed by atoms with E-state index in [9.17, 15) is 43.5 Å². The number of thioether (sulfide) groups is 1. The molecule has 4 heterocycles. The summed E-state index contributed by atoms with van der Waals surface area (Å²) in [7, 11) is 1.61. The van der Waals surface area contributed by atoms with Crippen LogP contribution in [0.1, 0.15) is 118 Å². The zero-order chi connectivity index (χ0) is 52.3. The molecule has 2 unspecified atom stereocenters. The number of nitrogens with zero attached hydrogens (tertiary/aromatic N) is 3. The number of hydrogen-bond acceptors (Lipinski definition) is 15. The fourth-order valence-electron chi connectivity index (χ4n) is 9.82. The first-order chi connectivity index (χ1) is 33.2. The van der Waals surface area contributed by atoms with Crippen molar-refractivity contribution in [2.45, 2.75) is 161 Å². The SMILES string of the molecule is CC(=O)N(OC(=O)[C@H]1CC[C@H](CN2C(=O)CC(SCCCOC(C)(C)C(=O)O[C@H]3CC(=O)N(C)c4cc(cc(C)c4Cl)C/C(C)=C/C=C/[C@@H](C)[C@@]4(O)CC(OC(=O)N4)[C@@H](C)[C@@H]4O[C@@]34C)C2=O)CC1)C(C)=O. The third kappa shape index (κ3) is 13.1. The average molecular weight is 1030 g/mol. The first-order valence-corrected chi connectivity index (χ1v) is 25.8. The number of anilines is 1. The summed E-state index contributed by atoms with van der Waals surface area (Å²) >= 11 is 8.17. The number of hydroxylamine groups is 2. The van der Waals surface area contributed by atoms with Crippen molar-refractivity contribution in [2.24, 2.45) is 23.7 Å². The highest BCUT2D eigenvalue weighted by molar-refractivity contribution is 8.00. The maximum Gasteiger partial charge on any atom is 0.409 e. The van der Waals surface area contributed by atoms with E-state index in [1.165, 1.54) is 21.6 Å². The molecule has 1 aromatic carbocycles. The Hall–Kier alpha value is -4.82. The van der Waals surface area contributed by atoms with Gasteiger partial charge in [0, 0.05) is 58.7 Å². The number of amides is 6. The lowest BCUT2D eigenvalue weighted by Crippen LogP contribution is -2.60. The number of alkyl carbamates (subject to hydrolysis) is 1. The maximum absolute atomic E-state index is 14.3. The molecule has 6 amide bonds. The van der Waals surface area contributed by atoms with Crippen molar-refractivity contribution in [3.8, 4) is 0 Å². The molecule has 1 aliphatic carbocycles. The number of fused-ring (bicyclic) bond motifs is 5. The van der Waals surface area contributed by atoms with Gasteiger partial charge in [-0.15, -0.1) is 16.8 Å². The van der Waals surface area contributed by atoms with Gasteiger partial charge in [0.15, 0.2) is 5.60 Å². The maximum atomic E-state index is 14.3. The van der Waals surface area contributed by atoms with E-state index < -0.39 is 94.0 Å². The summed E-state index contributed by atoms with van der Waals surface area (Å²) in [5.74, 6) is -4.83. The number of aliphatic hydroxyl groups is 1. The van der Waals surface area contributed by atoms with Crippen molar-refractivity contribution in [2.75, 3.05) is 30.9 Å². The Labute approximate surface area is 424 Å². The lowest BCUT2D eigenvalue weighted by Gasteiger charge is -2.41. The Kier molecular flexibility index (Phi) is 17.6. The minimum absolute atomic E-state index is 0.0116. The molecule has 3 saturated heterocycles. The lowest BCUT2D eigenvalue weighted by atomic mass is 9.82. The van der Waals surface area contributed by atoms with Gasteiger partial charge in [0.25, 0.3) is 11.8 Å². The molecule has 0 radical (unpaired) electrons. The van der Waals surface area contributed by atoms with Crippen LogP contribution in [-0.2, 0) is 63.8 Å². The largest absolute Gasteiger partial charge is 0.457 e. The monoisotopic (exact) mass is 1030 g/mol. The second kappa shape index (κ2) is 22.5. The molecule has 20 heteroatoms. The number of allylic oxidation sites excluding steroid dienone is 3. The number of ether oxygens (including phenoxy) is 4. The summed E-state index contributed by atoms with van der Waals surface area (Å²) in [5.41, 5.74) is -1.17. The minimum atomic E-state index is -1.64. The van der Waals surface area contributed by atoms with Crippen LogP contribution in [-0.4, -0.2) is 129 Å². The van der Waals surface area contributed by atoms with Gasteiger partial charge in [0.05, 0.1) is 34.4 Å². The molecule has 0 aromatic heterocycles. The molecule has 18 nitrogen and oxygen atoms in total. The number of halogens is 1. The highest BCUT2D eigenvalue weighted by Gasteiger charge is 2.64. The standard InChI is InChI=1S/C51H69ClN4O14S/c1-28-13-11-14-30(3)51(65)26-38(67-48(64)53-51)31(4)44-50(9,69-44)40(25-41(59)54(10)37-23-35(21-28)22-29(2)43(37)52)68-47(63)49(7,8)66-19-12-20-71-39-24-42(60)55(45(39)61)27-34-15-17-36(18-16-34)46(62)70-56(32(5)57)33(6)58/h11,13-14,22-23,30-31,34,36,38-40,44,65H,12,15-21,24-27H2,1-10H3,(H,53,64)/b14-11+,28-13+/t30-,31-,34-,36-,38?,39?,40+,44+,50+,51+/m1/s1. The zero-order valence-corrected chi connectivity index (χ0v) is 43.9. The third-order valence-corrected chi connectivity index (χ3v) is 16.3. The highest BCUT2D eigenvalue weighted by atomic mass is 35.5. The van der Waals surface area contributed by atoms with Gasteiger partial charge in [-0.1, -0.05) is 55.3 Å².